The Morgan fingerprint density at radius 1 is 1.12 bits per heavy atom. The molecule has 0 aliphatic heterocycles. The predicted octanol–water partition coefficient (Wildman–Crippen LogP) is 4.09. The number of benzene rings is 1. The molecule has 0 unspecified atom stereocenters. The Bertz CT molecular complexity index is 1430. The Morgan fingerprint density at radius 2 is 1.94 bits per heavy atom. The molecule has 162 valence electrons. The van der Waals surface area contributed by atoms with E-state index in [9.17, 15) is 0 Å². The summed E-state index contributed by atoms with van der Waals surface area (Å²) in [6, 6.07) is 7.65. The lowest BCUT2D eigenvalue weighted by atomic mass is 10.1. The third-order valence-electron chi connectivity index (χ3n) is 5.39. The van der Waals surface area contributed by atoms with Gasteiger partial charge < -0.3 is 9.57 Å². The van der Waals surface area contributed by atoms with Crippen LogP contribution in [0.5, 0.6) is 5.75 Å². The summed E-state index contributed by atoms with van der Waals surface area (Å²) in [5.41, 5.74) is 5.44. The zero-order chi connectivity index (χ0) is 22.2. The van der Waals surface area contributed by atoms with E-state index < -0.39 is 0 Å². The number of hydrogen-bond donors (Lipinski definition) is 0. The van der Waals surface area contributed by atoms with Crippen molar-refractivity contribution in [2.75, 3.05) is 7.11 Å². The Labute approximate surface area is 188 Å². The molecule has 5 aromatic rings. The first-order valence-corrected chi connectivity index (χ1v) is 10.9. The average Bonchev–Trinajstić information content (AvgIpc) is 3.53. The van der Waals surface area contributed by atoms with E-state index in [0.29, 0.717) is 5.82 Å². The van der Waals surface area contributed by atoms with Gasteiger partial charge in [-0.1, -0.05) is 5.16 Å². The zero-order valence-electron chi connectivity index (χ0n) is 18.1. The molecular weight excluding hydrogens is 426 g/mol. The normalized spacial score (nSPS) is 12.1. The number of fused-ring (bicyclic) bond motifs is 3. The molecule has 0 fully saturated rings. The molecule has 9 nitrogen and oxygen atoms in total. The highest BCUT2D eigenvalue weighted by atomic mass is 32.1. The molecular formula is C22H21N7O2S. The Hall–Kier alpha value is -3.79. The van der Waals surface area contributed by atoms with Crippen LogP contribution in [0.1, 0.15) is 29.6 Å². The summed E-state index contributed by atoms with van der Waals surface area (Å²) in [6.07, 6.45) is 3.46. The van der Waals surface area contributed by atoms with Crippen LogP contribution < -0.4 is 4.74 Å². The second kappa shape index (κ2) is 8.04. The standard InChI is InChI=1S/C22H21N7O2S/c1-13-15(3)29(22-23-9-10-32-22)20-19(13)21-25-18(26-28(21)12-24-20)11-31-27-14(2)16-5-7-17(30-4)8-6-16/h5-10,12H,11H2,1-4H3/b27-14-. The summed E-state index contributed by atoms with van der Waals surface area (Å²) in [5.74, 6) is 1.33. The smallest absolute Gasteiger partial charge is 0.195 e. The lowest BCUT2D eigenvalue weighted by Gasteiger charge is -2.03. The van der Waals surface area contributed by atoms with Gasteiger partial charge in [-0.05, 0) is 56.2 Å². The molecule has 0 aliphatic carbocycles. The van der Waals surface area contributed by atoms with E-state index in [-0.39, 0.29) is 6.61 Å². The average molecular weight is 448 g/mol. The van der Waals surface area contributed by atoms with Crippen molar-refractivity contribution in [1.29, 1.82) is 0 Å². The highest BCUT2D eigenvalue weighted by molar-refractivity contribution is 7.12. The maximum Gasteiger partial charge on any atom is 0.195 e. The molecule has 32 heavy (non-hydrogen) atoms. The van der Waals surface area contributed by atoms with Gasteiger partial charge in [-0.25, -0.2) is 19.5 Å². The molecule has 0 amide bonds. The first-order valence-electron chi connectivity index (χ1n) is 9.99. The van der Waals surface area contributed by atoms with Crippen molar-refractivity contribution in [3.8, 4) is 10.9 Å². The fraction of sp³-hybridized carbons (Fsp3) is 0.227. The van der Waals surface area contributed by atoms with E-state index >= 15 is 0 Å². The molecule has 0 N–H and O–H groups in total. The van der Waals surface area contributed by atoms with Crippen LogP contribution in [0.2, 0.25) is 0 Å². The summed E-state index contributed by atoms with van der Waals surface area (Å²) in [6.45, 7) is 6.17. The largest absolute Gasteiger partial charge is 0.497 e. The van der Waals surface area contributed by atoms with Crippen molar-refractivity contribution >= 4 is 33.7 Å². The van der Waals surface area contributed by atoms with Crippen LogP contribution in [-0.4, -0.2) is 42.0 Å². The van der Waals surface area contributed by atoms with Crippen LogP contribution in [0.3, 0.4) is 0 Å². The summed E-state index contributed by atoms with van der Waals surface area (Å²) >= 11 is 1.57. The maximum atomic E-state index is 5.54. The number of rotatable bonds is 6. The van der Waals surface area contributed by atoms with Gasteiger partial charge in [0.2, 0.25) is 0 Å². The molecule has 5 rings (SSSR count). The molecule has 1 aromatic carbocycles. The first-order chi connectivity index (χ1) is 15.6. The quantitative estimate of drug-likeness (QED) is 0.288. The van der Waals surface area contributed by atoms with Gasteiger partial charge in [-0.2, -0.15) is 0 Å². The van der Waals surface area contributed by atoms with Crippen molar-refractivity contribution < 1.29 is 9.57 Å². The summed E-state index contributed by atoms with van der Waals surface area (Å²) in [4.78, 5) is 19.3. The van der Waals surface area contributed by atoms with E-state index in [0.717, 1.165) is 50.1 Å². The van der Waals surface area contributed by atoms with Gasteiger partial charge in [0.25, 0.3) is 0 Å². The van der Waals surface area contributed by atoms with E-state index in [4.69, 9.17) is 14.6 Å². The van der Waals surface area contributed by atoms with Gasteiger partial charge >= 0.3 is 0 Å². The molecule has 4 heterocycles. The van der Waals surface area contributed by atoms with Crippen LogP contribution in [0.4, 0.5) is 0 Å². The molecule has 0 saturated carbocycles. The second-order valence-corrected chi connectivity index (χ2v) is 8.15. The minimum absolute atomic E-state index is 0.155. The van der Waals surface area contributed by atoms with Crippen molar-refractivity contribution in [2.45, 2.75) is 27.4 Å². The minimum atomic E-state index is 0.155. The van der Waals surface area contributed by atoms with Gasteiger partial charge in [0, 0.05) is 17.3 Å². The molecule has 0 saturated heterocycles. The molecule has 0 spiro atoms. The topological polar surface area (TPSA) is 91.7 Å². The zero-order valence-corrected chi connectivity index (χ0v) is 18.9. The highest BCUT2D eigenvalue weighted by Crippen LogP contribution is 2.30. The van der Waals surface area contributed by atoms with Crippen LogP contribution in [0.15, 0.2) is 47.3 Å². The number of ether oxygens (including phenoxy) is 1. The third kappa shape index (κ3) is 3.38. The third-order valence-corrected chi connectivity index (χ3v) is 6.15. The molecule has 10 heteroatoms. The number of nitrogens with zero attached hydrogens (tertiary/aromatic N) is 7. The predicted molar refractivity (Wildman–Crippen MR) is 123 cm³/mol. The number of methoxy groups -OCH3 is 1. The highest BCUT2D eigenvalue weighted by Gasteiger charge is 2.20. The number of aromatic nitrogens is 6. The Balaban J connectivity index is 1.43. The maximum absolute atomic E-state index is 5.54. The van der Waals surface area contributed by atoms with E-state index in [1.807, 2.05) is 36.6 Å². The second-order valence-electron chi connectivity index (χ2n) is 7.28. The van der Waals surface area contributed by atoms with Crippen molar-refractivity contribution in [2.24, 2.45) is 5.16 Å². The monoisotopic (exact) mass is 447 g/mol. The van der Waals surface area contributed by atoms with Crippen LogP contribution >= 0.6 is 11.3 Å². The lowest BCUT2D eigenvalue weighted by Crippen LogP contribution is -1.99. The van der Waals surface area contributed by atoms with Gasteiger partial charge in [0.15, 0.2) is 28.9 Å². The summed E-state index contributed by atoms with van der Waals surface area (Å²) in [7, 11) is 1.64. The molecule has 0 atom stereocenters. The van der Waals surface area contributed by atoms with Gasteiger partial charge in [0.05, 0.1) is 18.2 Å². The van der Waals surface area contributed by atoms with E-state index in [1.165, 1.54) is 0 Å². The van der Waals surface area contributed by atoms with Crippen LogP contribution in [0.25, 0.3) is 21.8 Å². The Morgan fingerprint density at radius 3 is 2.66 bits per heavy atom. The van der Waals surface area contributed by atoms with Crippen LogP contribution in [-0.2, 0) is 11.4 Å². The van der Waals surface area contributed by atoms with E-state index in [1.54, 1.807) is 35.5 Å². The minimum Gasteiger partial charge on any atom is -0.497 e. The van der Waals surface area contributed by atoms with Gasteiger partial charge in [0.1, 0.15) is 12.1 Å². The van der Waals surface area contributed by atoms with Crippen LogP contribution in [0, 0.1) is 13.8 Å². The number of thiazole rings is 1. The SMILES string of the molecule is COc1ccc(/C(C)=N\OCc2nc3c4c(C)c(C)n(-c5nccs5)c4ncn3n2)cc1. The molecule has 4 aromatic heterocycles. The molecule has 0 bridgehead atoms. The van der Waals surface area contributed by atoms with Crippen molar-refractivity contribution in [3.63, 3.8) is 0 Å². The lowest BCUT2D eigenvalue weighted by molar-refractivity contribution is 0.125. The van der Waals surface area contributed by atoms with Gasteiger partial charge in [-0.3, -0.25) is 4.57 Å². The van der Waals surface area contributed by atoms with Crippen molar-refractivity contribution in [3.05, 3.63) is 64.8 Å². The summed E-state index contributed by atoms with van der Waals surface area (Å²) < 4.78 is 8.92. The van der Waals surface area contributed by atoms with E-state index in [2.05, 4.69) is 38.6 Å². The first kappa shape index (κ1) is 20.1. The summed E-state index contributed by atoms with van der Waals surface area (Å²) in [5, 5.41) is 12.5. The molecule has 0 radical (unpaired) electrons. The number of hydrogen-bond acceptors (Lipinski definition) is 8. The fourth-order valence-electron chi connectivity index (χ4n) is 3.60. The van der Waals surface area contributed by atoms with Crippen molar-refractivity contribution in [1.82, 2.24) is 29.1 Å². The number of aryl methyl sites for hydroxylation is 1. The fourth-order valence-corrected chi connectivity index (χ4v) is 4.29. The Kier molecular flexibility index (Phi) is 5.06. The molecule has 0 aliphatic rings. The number of oxime groups is 1. The van der Waals surface area contributed by atoms with Gasteiger partial charge in [-0.15, -0.1) is 16.4 Å².